The zero-order chi connectivity index (χ0) is 11.3. The van der Waals surface area contributed by atoms with Gasteiger partial charge in [-0.25, -0.2) is 0 Å². The Balaban J connectivity index is 2.97. The van der Waals surface area contributed by atoms with Crippen molar-refractivity contribution in [2.75, 3.05) is 0 Å². The Kier molecular flexibility index (Phi) is 4.10. The second-order valence-corrected chi connectivity index (χ2v) is 3.65. The van der Waals surface area contributed by atoms with Crippen LogP contribution in [0.5, 0.6) is 0 Å². The Morgan fingerprint density at radius 1 is 1.27 bits per heavy atom. The van der Waals surface area contributed by atoms with E-state index in [-0.39, 0.29) is 11.9 Å². The summed E-state index contributed by atoms with van der Waals surface area (Å²) in [5.41, 5.74) is 0.932. The van der Waals surface area contributed by atoms with Gasteiger partial charge in [0, 0.05) is 11.6 Å². The molecule has 1 aromatic rings. The van der Waals surface area contributed by atoms with Crippen LogP contribution in [0.2, 0.25) is 0 Å². The zero-order valence-corrected chi connectivity index (χ0v) is 9.36. The second kappa shape index (κ2) is 5.35. The van der Waals surface area contributed by atoms with Crippen molar-refractivity contribution in [1.82, 2.24) is 0 Å². The fraction of sp³-hybridized carbons (Fsp3) is 0.308. The Morgan fingerprint density at radius 2 is 1.87 bits per heavy atom. The lowest BCUT2D eigenvalue weighted by atomic mass is 10.1. The minimum absolute atomic E-state index is 0.00509. The van der Waals surface area contributed by atoms with E-state index in [0.29, 0.717) is 5.76 Å². The summed E-state index contributed by atoms with van der Waals surface area (Å²) < 4.78 is 5.59. The smallest absolute Gasteiger partial charge is 0.156 e. The third-order valence-corrected chi connectivity index (χ3v) is 1.76. The number of carbonyl (C=O) groups is 1. The monoisotopic (exact) mass is 204 g/mol. The van der Waals surface area contributed by atoms with Crippen molar-refractivity contribution in [1.29, 1.82) is 0 Å². The van der Waals surface area contributed by atoms with E-state index in [2.05, 4.69) is 0 Å². The van der Waals surface area contributed by atoms with Crippen molar-refractivity contribution in [2.45, 2.75) is 26.9 Å². The van der Waals surface area contributed by atoms with Crippen LogP contribution in [-0.4, -0.2) is 11.9 Å². The van der Waals surface area contributed by atoms with Gasteiger partial charge in [0.25, 0.3) is 0 Å². The molecule has 0 spiro atoms. The first-order chi connectivity index (χ1) is 7.09. The number of ketones is 1. The molecule has 0 saturated carbocycles. The first-order valence-corrected chi connectivity index (χ1v) is 5.04. The van der Waals surface area contributed by atoms with Crippen molar-refractivity contribution < 1.29 is 9.53 Å². The van der Waals surface area contributed by atoms with Gasteiger partial charge in [0.2, 0.25) is 0 Å². The van der Waals surface area contributed by atoms with E-state index < -0.39 is 0 Å². The Bertz CT molecular complexity index is 350. The fourth-order valence-corrected chi connectivity index (χ4v) is 1.23. The molecule has 0 heterocycles. The summed E-state index contributed by atoms with van der Waals surface area (Å²) in [6, 6.07) is 9.64. The van der Waals surface area contributed by atoms with Crippen LogP contribution in [0, 0.1) is 0 Å². The van der Waals surface area contributed by atoms with Gasteiger partial charge in [-0.15, -0.1) is 0 Å². The SMILES string of the molecule is CC(=O)C=C(OC(C)C)c1ccccc1. The van der Waals surface area contributed by atoms with E-state index >= 15 is 0 Å². The lowest BCUT2D eigenvalue weighted by Gasteiger charge is -2.13. The zero-order valence-electron chi connectivity index (χ0n) is 9.36. The molecule has 0 N–H and O–H groups in total. The third kappa shape index (κ3) is 3.98. The van der Waals surface area contributed by atoms with Gasteiger partial charge in [0.1, 0.15) is 5.76 Å². The van der Waals surface area contributed by atoms with Crippen LogP contribution in [0.3, 0.4) is 0 Å². The summed E-state index contributed by atoms with van der Waals surface area (Å²) in [4.78, 5) is 11.1. The Hall–Kier alpha value is -1.57. The molecule has 0 amide bonds. The quantitative estimate of drug-likeness (QED) is 0.556. The molecule has 0 radical (unpaired) electrons. The maximum atomic E-state index is 11.1. The highest BCUT2D eigenvalue weighted by atomic mass is 16.5. The maximum absolute atomic E-state index is 11.1. The summed E-state index contributed by atoms with van der Waals surface area (Å²) in [7, 11) is 0. The Labute approximate surface area is 90.6 Å². The maximum Gasteiger partial charge on any atom is 0.156 e. The van der Waals surface area contributed by atoms with E-state index in [1.807, 2.05) is 44.2 Å². The van der Waals surface area contributed by atoms with Crippen molar-refractivity contribution in [3.63, 3.8) is 0 Å². The van der Waals surface area contributed by atoms with Gasteiger partial charge in [-0.2, -0.15) is 0 Å². The molecule has 0 aromatic heterocycles. The number of ether oxygens (including phenoxy) is 1. The highest BCUT2D eigenvalue weighted by Crippen LogP contribution is 2.17. The van der Waals surface area contributed by atoms with Crippen LogP contribution in [-0.2, 0) is 9.53 Å². The summed E-state index contributed by atoms with van der Waals surface area (Å²) in [6.07, 6.45) is 1.59. The average molecular weight is 204 g/mol. The molecule has 15 heavy (non-hydrogen) atoms. The van der Waals surface area contributed by atoms with E-state index in [1.54, 1.807) is 0 Å². The number of benzene rings is 1. The first-order valence-electron chi connectivity index (χ1n) is 5.04. The first kappa shape index (κ1) is 11.5. The lowest BCUT2D eigenvalue weighted by molar-refractivity contribution is -0.112. The molecule has 1 rings (SSSR count). The summed E-state index contributed by atoms with van der Waals surface area (Å²) in [6.45, 7) is 5.40. The number of hydrogen-bond donors (Lipinski definition) is 0. The van der Waals surface area contributed by atoms with Gasteiger partial charge < -0.3 is 4.74 Å². The third-order valence-electron chi connectivity index (χ3n) is 1.76. The predicted molar refractivity (Wildman–Crippen MR) is 61.3 cm³/mol. The minimum Gasteiger partial charge on any atom is -0.490 e. The van der Waals surface area contributed by atoms with Gasteiger partial charge in [-0.1, -0.05) is 30.3 Å². The number of allylic oxidation sites excluding steroid dienone is 1. The van der Waals surface area contributed by atoms with Gasteiger partial charge in [0.15, 0.2) is 5.78 Å². The summed E-state index contributed by atoms with van der Waals surface area (Å²) in [5.74, 6) is 0.632. The number of carbonyl (C=O) groups excluding carboxylic acids is 1. The van der Waals surface area contributed by atoms with Crippen molar-refractivity contribution in [3.8, 4) is 0 Å². The molecule has 0 aliphatic heterocycles. The number of hydrogen-bond acceptors (Lipinski definition) is 2. The van der Waals surface area contributed by atoms with Crippen molar-refractivity contribution in [2.24, 2.45) is 0 Å². The largest absolute Gasteiger partial charge is 0.490 e. The summed E-state index contributed by atoms with van der Waals surface area (Å²) in [5, 5.41) is 0. The summed E-state index contributed by atoms with van der Waals surface area (Å²) >= 11 is 0. The van der Waals surface area contributed by atoms with Gasteiger partial charge in [-0.05, 0) is 20.8 Å². The van der Waals surface area contributed by atoms with Gasteiger partial charge >= 0.3 is 0 Å². The molecule has 0 saturated heterocycles. The van der Waals surface area contributed by atoms with Crippen LogP contribution in [0.1, 0.15) is 26.3 Å². The van der Waals surface area contributed by atoms with Gasteiger partial charge in [0.05, 0.1) is 6.10 Å². The van der Waals surface area contributed by atoms with E-state index in [4.69, 9.17) is 4.74 Å². The molecular weight excluding hydrogens is 188 g/mol. The molecule has 0 aliphatic rings. The highest BCUT2D eigenvalue weighted by Gasteiger charge is 2.05. The highest BCUT2D eigenvalue weighted by molar-refractivity contribution is 5.93. The molecule has 0 aliphatic carbocycles. The second-order valence-electron chi connectivity index (χ2n) is 3.65. The van der Waals surface area contributed by atoms with E-state index in [0.717, 1.165) is 5.56 Å². The molecule has 0 bridgehead atoms. The topological polar surface area (TPSA) is 26.3 Å². The van der Waals surface area contributed by atoms with Crippen LogP contribution in [0.25, 0.3) is 5.76 Å². The number of rotatable bonds is 4. The van der Waals surface area contributed by atoms with Crippen molar-refractivity contribution in [3.05, 3.63) is 42.0 Å². The molecule has 2 heteroatoms. The average Bonchev–Trinajstić information content (AvgIpc) is 2.17. The van der Waals surface area contributed by atoms with E-state index in [1.165, 1.54) is 13.0 Å². The van der Waals surface area contributed by atoms with Crippen LogP contribution in [0.15, 0.2) is 36.4 Å². The van der Waals surface area contributed by atoms with Gasteiger partial charge in [-0.3, -0.25) is 4.79 Å². The predicted octanol–water partition coefficient (Wildman–Crippen LogP) is 3.04. The van der Waals surface area contributed by atoms with Crippen LogP contribution in [0.4, 0.5) is 0 Å². The molecule has 2 nitrogen and oxygen atoms in total. The molecule has 1 aromatic carbocycles. The van der Waals surface area contributed by atoms with Crippen molar-refractivity contribution >= 4 is 11.5 Å². The fourth-order valence-electron chi connectivity index (χ4n) is 1.23. The standard InChI is InChI=1S/C13H16O2/c1-10(2)15-13(9-11(3)14)12-7-5-4-6-8-12/h4-10H,1-3H3. The molecule has 0 fully saturated rings. The van der Waals surface area contributed by atoms with E-state index in [9.17, 15) is 4.79 Å². The molecular formula is C13H16O2. The van der Waals surface area contributed by atoms with Crippen LogP contribution < -0.4 is 0 Å². The molecule has 80 valence electrons. The van der Waals surface area contributed by atoms with Crippen LogP contribution >= 0.6 is 0 Å². The lowest BCUT2D eigenvalue weighted by Crippen LogP contribution is -2.03. The normalized spacial score (nSPS) is 11.6. The Morgan fingerprint density at radius 3 is 2.33 bits per heavy atom. The minimum atomic E-state index is -0.00509. The molecule has 0 atom stereocenters. The molecule has 0 unspecified atom stereocenters.